The topological polar surface area (TPSA) is 0 Å². The van der Waals surface area contributed by atoms with Crippen molar-refractivity contribution in [3.63, 3.8) is 0 Å². The van der Waals surface area contributed by atoms with Crippen LogP contribution in [-0.4, -0.2) is 0 Å². The number of hydrogen-bond donors (Lipinski definition) is 0. The Morgan fingerprint density at radius 1 is 0.929 bits per heavy atom. The molecule has 0 saturated carbocycles. The first-order chi connectivity index (χ1) is 6.91. The Bertz CT molecular complexity index is 178. The minimum atomic E-state index is 1.07. The summed E-state index contributed by atoms with van der Waals surface area (Å²) in [6.45, 7) is 4.45. The van der Waals surface area contributed by atoms with E-state index in [4.69, 9.17) is 0 Å². The van der Waals surface area contributed by atoms with Gasteiger partial charge in [-0.1, -0.05) is 63.9 Å². The second-order valence-corrected chi connectivity index (χ2v) is 3.68. The van der Waals surface area contributed by atoms with Crippen LogP contribution < -0.4 is 0 Å². The van der Waals surface area contributed by atoms with Crippen molar-refractivity contribution in [2.24, 2.45) is 0 Å². The standard InChI is InChI=1S/C14H24/c1-3-5-7-9-11-13-14-12-10-8-6-4-2/h9,11H,3-8,10,12H2,1-2H3/b11-9-. The first kappa shape index (κ1) is 13.3. The fourth-order valence-corrected chi connectivity index (χ4v) is 1.24. The molecule has 0 heterocycles. The maximum atomic E-state index is 3.18. The number of hydrogen-bond acceptors (Lipinski definition) is 0. The van der Waals surface area contributed by atoms with Crippen molar-refractivity contribution < 1.29 is 0 Å². The molecule has 0 aliphatic heterocycles. The summed E-state index contributed by atoms with van der Waals surface area (Å²) in [6.07, 6.45) is 14.3. The molecule has 0 rings (SSSR count). The van der Waals surface area contributed by atoms with Crippen LogP contribution in [0.2, 0.25) is 0 Å². The van der Waals surface area contributed by atoms with E-state index in [-0.39, 0.29) is 0 Å². The predicted octanol–water partition coefficient (Wildman–Crippen LogP) is 4.71. The van der Waals surface area contributed by atoms with Crippen molar-refractivity contribution >= 4 is 0 Å². The zero-order valence-electron chi connectivity index (χ0n) is 9.81. The van der Waals surface area contributed by atoms with Gasteiger partial charge in [0.05, 0.1) is 0 Å². The molecule has 0 bridgehead atoms. The Labute approximate surface area is 89.8 Å². The van der Waals surface area contributed by atoms with Gasteiger partial charge in [0.25, 0.3) is 0 Å². The molecule has 0 atom stereocenters. The van der Waals surface area contributed by atoms with Crippen LogP contribution in [0.3, 0.4) is 0 Å². The lowest BCUT2D eigenvalue weighted by Gasteiger charge is -1.91. The number of allylic oxidation sites excluding steroid dienone is 2. The van der Waals surface area contributed by atoms with E-state index in [1.165, 1.54) is 44.9 Å². The molecule has 0 spiro atoms. The van der Waals surface area contributed by atoms with Gasteiger partial charge >= 0.3 is 0 Å². The molecule has 0 N–H and O–H groups in total. The van der Waals surface area contributed by atoms with Crippen LogP contribution in [0.1, 0.15) is 65.2 Å². The maximum absolute atomic E-state index is 3.18. The van der Waals surface area contributed by atoms with E-state index < -0.39 is 0 Å². The highest BCUT2D eigenvalue weighted by atomic mass is 13.9. The van der Waals surface area contributed by atoms with Crippen LogP contribution in [-0.2, 0) is 0 Å². The van der Waals surface area contributed by atoms with Crippen LogP contribution in [0.15, 0.2) is 12.2 Å². The summed E-state index contributed by atoms with van der Waals surface area (Å²) in [5.74, 6) is 6.28. The minimum absolute atomic E-state index is 1.07. The molecule has 80 valence electrons. The zero-order valence-corrected chi connectivity index (χ0v) is 9.81. The first-order valence-electron chi connectivity index (χ1n) is 6.05. The van der Waals surface area contributed by atoms with Crippen LogP contribution >= 0.6 is 0 Å². The molecule has 0 aliphatic rings. The third-order valence-corrected chi connectivity index (χ3v) is 2.18. The molecular weight excluding hydrogens is 168 g/mol. The van der Waals surface area contributed by atoms with Crippen molar-refractivity contribution in [3.8, 4) is 11.8 Å². The molecular formula is C14H24. The van der Waals surface area contributed by atoms with E-state index in [1.807, 2.05) is 6.08 Å². The molecule has 0 radical (unpaired) electrons. The summed E-state index contributed by atoms with van der Waals surface area (Å²) in [5, 5.41) is 0. The largest absolute Gasteiger partial charge is 0.0985 e. The van der Waals surface area contributed by atoms with Crippen molar-refractivity contribution in [2.45, 2.75) is 65.2 Å². The fourth-order valence-electron chi connectivity index (χ4n) is 1.24. The van der Waals surface area contributed by atoms with Gasteiger partial charge in [-0.05, 0) is 18.9 Å². The van der Waals surface area contributed by atoms with E-state index in [2.05, 4.69) is 31.8 Å². The third-order valence-electron chi connectivity index (χ3n) is 2.18. The van der Waals surface area contributed by atoms with Gasteiger partial charge in [-0.3, -0.25) is 0 Å². The third kappa shape index (κ3) is 11.3. The molecule has 0 amide bonds. The van der Waals surface area contributed by atoms with Gasteiger partial charge in [-0.2, -0.15) is 0 Å². The Balaban J connectivity index is 3.21. The average molecular weight is 192 g/mol. The average Bonchev–Trinajstić information content (AvgIpc) is 2.21. The van der Waals surface area contributed by atoms with Crippen LogP contribution in [0.5, 0.6) is 0 Å². The Hall–Kier alpha value is -0.700. The Morgan fingerprint density at radius 2 is 1.71 bits per heavy atom. The maximum Gasteiger partial charge on any atom is 0.00922 e. The highest BCUT2D eigenvalue weighted by molar-refractivity contribution is 5.14. The minimum Gasteiger partial charge on any atom is -0.0985 e. The van der Waals surface area contributed by atoms with Gasteiger partial charge < -0.3 is 0 Å². The highest BCUT2D eigenvalue weighted by Crippen LogP contribution is 2.00. The van der Waals surface area contributed by atoms with Crippen LogP contribution in [0.4, 0.5) is 0 Å². The van der Waals surface area contributed by atoms with E-state index in [0.29, 0.717) is 0 Å². The van der Waals surface area contributed by atoms with Gasteiger partial charge in [-0.15, -0.1) is 0 Å². The number of rotatable bonds is 7. The molecule has 14 heavy (non-hydrogen) atoms. The smallest absolute Gasteiger partial charge is 0.00922 e. The lowest BCUT2D eigenvalue weighted by molar-refractivity contribution is 0.679. The lowest BCUT2D eigenvalue weighted by Crippen LogP contribution is -1.73. The van der Waals surface area contributed by atoms with Crippen molar-refractivity contribution in [1.29, 1.82) is 0 Å². The molecule has 0 nitrogen and oxygen atoms in total. The van der Waals surface area contributed by atoms with Crippen LogP contribution in [0, 0.1) is 11.8 Å². The van der Waals surface area contributed by atoms with Crippen molar-refractivity contribution in [1.82, 2.24) is 0 Å². The van der Waals surface area contributed by atoms with Gasteiger partial charge in [0.15, 0.2) is 0 Å². The zero-order chi connectivity index (χ0) is 10.5. The van der Waals surface area contributed by atoms with E-state index in [0.717, 1.165) is 6.42 Å². The van der Waals surface area contributed by atoms with Crippen molar-refractivity contribution in [2.75, 3.05) is 0 Å². The normalized spacial score (nSPS) is 10.1. The fraction of sp³-hybridized carbons (Fsp3) is 0.714. The summed E-state index contributed by atoms with van der Waals surface area (Å²) in [7, 11) is 0. The quantitative estimate of drug-likeness (QED) is 0.405. The van der Waals surface area contributed by atoms with Crippen LogP contribution in [0.25, 0.3) is 0 Å². The van der Waals surface area contributed by atoms with E-state index in [1.54, 1.807) is 0 Å². The predicted molar refractivity (Wildman–Crippen MR) is 65.2 cm³/mol. The molecule has 0 heteroatoms. The summed E-state index contributed by atoms with van der Waals surface area (Å²) in [6, 6.07) is 0. The molecule has 0 aromatic carbocycles. The van der Waals surface area contributed by atoms with Gasteiger partial charge in [0.2, 0.25) is 0 Å². The molecule has 0 aliphatic carbocycles. The molecule has 0 aromatic heterocycles. The van der Waals surface area contributed by atoms with E-state index >= 15 is 0 Å². The SMILES string of the molecule is CCCC/C=C\C#CCCCCCC. The Morgan fingerprint density at radius 3 is 2.43 bits per heavy atom. The molecule has 0 aromatic rings. The summed E-state index contributed by atoms with van der Waals surface area (Å²) in [5.41, 5.74) is 0. The van der Waals surface area contributed by atoms with Gasteiger partial charge in [0, 0.05) is 6.42 Å². The second kappa shape index (κ2) is 12.3. The monoisotopic (exact) mass is 192 g/mol. The summed E-state index contributed by atoms with van der Waals surface area (Å²) in [4.78, 5) is 0. The Kier molecular flexibility index (Phi) is 11.7. The van der Waals surface area contributed by atoms with E-state index in [9.17, 15) is 0 Å². The molecule has 0 unspecified atom stereocenters. The van der Waals surface area contributed by atoms with Crippen molar-refractivity contribution in [3.05, 3.63) is 12.2 Å². The van der Waals surface area contributed by atoms with Gasteiger partial charge in [-0.25, -0.2) is 0 Å². The first-order valence-corrected chi connectivity index (χ1v) is 6.05. The highest BCUT2D eigenvalue weighted by Gasteiger charge is 1.82. The molecule has 0 saturated heterocycles. The summed E-state index contributed by atoms with van der Waals surface area (Å²) >= 11 is 0. The summed E-state index contributed by atoms with van der Waals surface area (Å²) < 4.78 is 0. The number of unbranched alkanes of at least 4 members (excludes halogenated alkanes) is 6. The molecule has 0 fully saturated rings. The second-order valence-electron chi connectivity index (χ2n) is 3.68. The lowest BCUT2D eigenvalue weighted by atomic mass is 10.1. The van der Waals surface area contributed by atoms with Gasteiger partial charge in [0.1, 0.15) is 0 Å².